The van der Waals surface area contributed by atoms with E-state index >= 15 is 0 Å². The molecule has 8 nitrogen and oxygen atoms in total. The van der Waals surface area contributed by atoms with E-state index in [2.05, 4.69) is 15.8 Å². The Morgan fingerprint density at radius 2 is 2.19 bits per heavy atom. The number of rotatable bonds is 2. The maximum Gasteiger partial charge on any atom is 0.322 e. The Labute approximate surface area is 120 Å². The first-order valence-electron chi connectivity index (χ1n) is 6.74. The minimum absolute atomic E-state index is 0.102. The molecular formula is C13H16N4O4. The minimum atomic E-state index is -0.967. The first kappa shape index (κ1) is 13.6. The second-order valence-corrected chi connectivity index (χ2v) is 5.54. The lowest BCUT2D eigenvalue weighted by molar-refractivity contribution is -0.130. The number of hydrogen-bond donors (Lipinski definition) is 2. The number of imide groups is 1. The molecule has 0 radical (unpaired) electrons. The van der Waals surface area contributed by atoms with Crippen LogP contribution in [-0.4, -0.2) is 46.5 Å². The quantitative estimate of drug-likeness (QED) is 0.725. The molecule has 4 amide bonds. The Kier molecular flexibility index (Phi) is 2.96. The predicted molar refractivity (Wildman–Crippen MR) is 70.3 cm³/mol. The van der Waals surface area contributed by atoms with E-state index < -0.39 is 11.6 Å². The van der Waals surface area contributed by atoms with Crippen LogP contribution < -0.4 is 10.6 Å². The molecule has 3 rings (SSSR count). The molecule has 3 heterocycles. The van der Waals surface area contributed by atoms with Gasteiger partial charge in [0.05, 0.1) is 18.7 Å². The third-order valence-electron chi connectivity index (χ3n) is 4.15. The number of hydrogen-bond acceptors (Lipinski definition) is 5. The maximum absolute atomic E-state index is 12.4. The van der Waals surface area contributed by atoms with Crippen LogP contribution in [0.4, 0.5) is 4.79 Å². The number of carbonyl (C=O) groups excluding carboxylic acids is 3. The van der Waals surface area contributed by atoms with Crippen molar-refractivity contribution >= 4 is 17.8 Å². The molecule has 1 spiro atoms. The van der Waals surface area contributed by atoms with Gasteiger partial charge in [0.1, 0.15) is 11.3 Å². The molecule has 2 aliphatic rings. The van der Waals surface area contributed by atoms with Gasteiger partial charge in [-0.25, -0.2) is 4.79 Å². The van der Waals surface area contributed by atoms with Gasteiger partial charge >= 0.3 is 6.03 Å². The number of aromatic nitrogens is 1. The average Bonchev–Trinajstić information content (AvgIpc) is 3.06. The van der Waals surface area contributed by atoms with Gasteiger partial charge in [0.25, 0.3) is 5.91 Å². The molecule has 1 atom stereocenters. The van der Waals surface area contributed by atoms with Crippen LogP contribution in [0.25, 0.3) is 0 Å². The summed E-state index contributed by atoms with van der Waals surface area (Å²) in [7, 11) is 0. The molecule has 8 heteroatoms. The summed E-state index contributed by atoms with van der Waals surface area (Å²) in [5.74, 6) is 0.164. The number of nitrogens with zero attached hydrogens (tertiary/aromatic N) is 2. The number of nitrogens with one attached hydrogen (secondary N) is 2. The van der Waals surface area contributed by atoms with Crippen LogP contribution in [0.2, 0.25) is 0 Å². The molecule has 0 aromatic carbocycles. The highest BCUT2D eigenvalue weighted by atomic mass is 16.5. The first-order valence-corrected chi connectivity index (χ1v) is 6.74. The molecule has 0 aliphatic carbocycles. The van der Waals surface area contributed by atoms with E-state index in [0.717, 1.165) is 5.56 Å². The van der Waals surface area contributed by atoms with Gasteiger partial charge in [0, 0.05) is 12.1 Å². The number of amides is 4. The fraction of sp³-hybridized carbons (Fsp3) is 0.538. The summed E-state index contributed by atoms with van der Waals surface area (Å²) in [6.07, 6.45) is 0.616. The highest BCUT2D eigenvalue weighted by molar-refractivity contribution is 6.07. The van der Waals surface area contributed by atoms with Crippen LogP contribution >= 0.6 is 0 Å². The second kappa shape index (κ2) is 4.57. The highest BCUT2D eigenvalue weighted by Gasteiger charge is 2.51. The minimum Gasteiger partial charge on any atom is -0.361 e. The van der Waals surface area contributed by atoms with E-state index in [0.29, 0.717) is 24.4 Å². The second-order valence-electron chi connectivity index (χ2n) is 5.54. The molecule has 2 N–H and O–H groups in total. The Balaban J connectivity index is 1.71. The summed E-state index contributed by atoms with van der Waals surface area (Å²) < 4.78 is 5.04. The summed E-state index contributed by atoms with van der Waals surface area (Å²) >= 11 is 0. The standard InChI is InChI=1S/C13H16N4O4/c1-7-9(8(2)21-16-7)5-10(18)17-4-3-13(6-17)11(19)14-12(20)15-13/h3-6H2,1-2H3,(H2,14,15,19,20). The summed E-state index contributed by atoms with van der Waals surface area (Å²) in [5, 5.41) is 8.66. The monoisotopic (exact) mass is 292 g/mol. The number of urea groups is 1. The number of aryl methyl sites for hydroxylation is 2. The molecular weight excluding hydrogens is 276 g/mol. The molecule has 1 unspecified atom stereocenters. The van der Waals surface area contributed by atoms with E-state index in [9.17, 15) is 14.4 Å². The van der Waals surface area contributed by atoms with E-state index in [1.807, 2.05) is 0 Å². The zero-order valence-electron chi connectivity index (χ0n) is 11.9. The lowest BCUT2D eigenvalue weighted by atomic mass is 9.99. The van der Waals surface area contributed by atoms with Gasteiger partial charge in [-0.3, -0.25) is 14.9 Å². The van der Waals surface area contributed by atoms with Crippen molar-refractivity contribution in [2.24, 2.45) is 0 Å². The van der Waals surface area contributed by atoms with Crippen LogP contribution in [0.15, 0.2) is 4.52 Å². The van der Waals surface area contributed by atoms with E-state index in [4.69, 9.17) is 4.52 Å². The van der Waals surface area contributed by atoms with Crippen molar-refractivity contribution in [2.45, 2.75) is 32.2 Å². The summed E-state index contributed by atoms with van der Waals surface area (Å²) in [4.78, 5) is 37.1. The molecule has 0 bridgehead atoms. The lowest BCUT2D eigenvalue weighted by Crippen LogP contribution is -2.49. The maximum atomic E-state index is 12.4. The summed E-state index contributed by atoms with van der Waals surface area (Å²) in [5.41, 5.74) is 0.508. The predicted octanol–water partition coefficient (Wildman–Crippen LogP) is -0.356. The molecule has 21 heavy (non-hydrogen) atoms. The van der Waals surface area contributed by atoms with Crippen molar-refractivity contribution in [3.63, 3.8) is 0 Å². The third-order valence-corrected chi connectivity index (χ3v) is 4.15. The normalized spacial score (nSPS) is 24.6. The fourth-order valence-corrected chi connectivity index (χ4v) is 2.86. The SMILES string of the molecule is Cc1noc(C)c1CC(=O)N1CCC2(C1)NC(=O)NC2=O. The molecule has 0 saturated carbocycles. The van der Waals surface area contributed by atoms with Gasteiger partial charge in [0.2, 0.25) is 5.91 Å². The van der Waals surface area contributed by atoms with Crippen LogP contribution in [-0.2, 0) is 16.0 Å². The van der Waals surface area contributed by atoms with Crippen LogP contribution in [0, 0.1) is 13.8 Å². The van der Waals surface area contributed by atoms with Crippen molar-refractivity contribution in [1.82, 2.24) is 20.7 Å². The first-order chi connectivity index (χ1) is 9.91. The Hall–Kier alpha value is -2.38. The summed E-state index contributed by atoms with van der Waals surface area (Å²) in [6.45, 7) is 4.19. The molecule has 1 aromatic rings. The highest BCUT2D eigenvalue weighted by Crippen LogP contribution is 2.25. The smallest absolute Gasteiger partial charge is 0.322 e. The van der Waals surface area contributed by atoms with Crippen LogP contribution in [0.3, 0.4) is 0 Å². The Morgan fingerprint density at radius 3 is 2.76 bits per heavy atom. The summed E-state index contributed by atoms with van der Waals surface area (Å²) in [6, 6.07) is -0.500. The van der Waals surface area contributed by atoms with Gasteiger partial charge in [0.15, 0.2) is 0 Å². The Bertz CT molecular complexity index is 619. The van der Waals surface area contributed by atoms with Gasteiger partial charge < -0.3 is 14.7 Å². The topological polar surface area (TPSA) is 105 Å². The molecule has 2 saturated heterocycles. The van der Waals surface area contributed by atoms with Crippen molar-refractivity contribution in [1.29, 1.82) is 0 Å². The van der Waals surface area contributed by atoms with Crippen molar-refractivity contribution in [2.75, 3.05) is 13.1 Å². The van der Waals surface area contributed by atoms with Gasteiger partial charge in [-0.2, -0.15) is 0 Å². The Morgan fingerprint density at radius 1 is 1.43 bits per heavy atom. The van der Waals surface area contributed by atoms with E-state index in [1.54, 1.807) is 18.7 Å². The zero-order valence-corrected chi connectivity index (χ0v) is 11.9. The largest absolute Gasteiger partial charge is 0.361 e. The molecule has 2 aliphatic heterocycles. The fourth-order valence-electron chi connectivity index (χ4n) is 2.86. The van der Waals surface area contributed by atoms with Crippen molar-refractivity contribution in [3.8, 4) is 0 Å². The van der Waals surface area contributed by atoms with Crippen LogP contribution in [0.5, 0.6) is 0 Å². The molecule has 1 aromatic heterocycles. The number of likely N-dealkylation sites (tertiary alicyclic amines) is 1. The van der Waals surface area contributed by atoms with E-state index in [1.165, 1.54) is 0 Å². The third kappa shape index (κ3) is 2.16. The van der Waals surface area contributed by atoms with Gasteiger partial charge in [-0.15, -0.1) is 0 Å². The van der Waals surface area contributed by atoms with Crippen LogP contribution in [0.1, 0.15) is 23.4 Å². The lowest BCUT2D eigenvalue weighted by Gasteiger charge is -2.21. The molecule has 112 valence electrons. The zero-order chi connectivity index (χ0) is 15.2. The van der Waals surface area contributed by atoms with Gasteiger partial charge in [-0.1, -0.05) is 5.16 Å². The number of carbonyl (C=O) groups is 3. The van der Waals surface area contributed by atoms with E-state index in [-0.39, 0.29) is 24.8 Å². The van der Waals surface area contributed by atoms with Gasteiger partial charge in [-0.05, 0) is 20.3 Å². The molecule has 2 fully saturated rings. The van der Waals surface area contributed by atoms with Crippen molar-refractivity contribution < 1.29 is 18.9 Å². The average molecular weight is 292 g/mol. The van der Waals surface area contributed by atoms with Crippen molar-refractivity contribution in [3.05, 3.63) is 17.0 Å².